The Morgan fingerprint density at radius 3 is 1.86 bits per heavy atom. The highest BCUT2D eigenvalue weighted by molar-refractivity contribution is 5.46. The highest BCUT2D eigenvalue weighted by atomic mass is 15.1. The normalized spacial score (nSPS) is 11.9. The van der Waals surface area contributed by atoms with Gasteiger partial charge in [0.25, 0.3) is 0 Å². The third-order valence-corrected chi connectivity index (χ3v) is 5.64. The second-order valence-electron chi connectivity index (χ2n) is 7.68. The predicted octanol–water partition coefficient (Wildman–Crippen LogP) is 7.13. The summed E-state index contributed by atoms with van der Waals surface area (Å²) >= 11 is 0. The largest absolute Gasteiger partial charge is 0.367 e. The van der Waals surface area contributed by atoms with Crippen LogP contribution in [0.2, 0.25) is 0 Å². The first-order valence-electron chi connectivity index (χ1n) is 10.7. The van der Waals surface area contributed by atoms with E-state index in [9.17, 15) is 0 Å². The summed E-state index contributed by atoms with van der Waals surface area (Å²) in [6, 6.07) is 32.6. The molecule has 1 nitrogen and oxygen atoms in total. The minimum Gasteiger partial charge on any atom is -0.367 e. The number of hydrogen-bond donors (Lipinski definition) is 0. The molecule has 1 atom stereocenters. The lowest BCUT2D eigenvalue weighted by molar-refractivity contribution is 0.423. The molecule has 1 heteroatoms. The van der Waals surface area contributed by atoms with Crippen LogP contribution in [0.25, 0.3) is 0 Å². The van der Waals surface area contributed by atoms with E-state index in [1.165, 1.54) is 48.9 Å². The number of hydrogen-bond acceptors (Lipinski definition) is 1. The van der Waals surface area contributed by atoms with Gasteiger partial charge in [-0.25, -0.2) is 0 Å². The van der Waals surface area contributed by atoms with E-state index >= 15 is 0 Å². The van der Waals surface area contributed by atoms with E-state index in [0.717, 1.165) is 19.0 Å². The Bertz CT molecular complexity index is 767. The number of anilines is 1. The van der Waals surface area contributed by atoms with E-state index in [1.807, 2.05) is 0 Å². The van der Waals surface area contributed by atoms with Gasteiger partial charge in [-0.1, -0.05) is 98.6 Å². The summed E-state index contributed by atoms with van der Waals surface area (Å²) in [7, 11) is 0. The summed E-state index contributed by atoms with van der Waals surface area (Å²) in [5.41, 5.74) is 4.17. The van der Waals surface area contributed by atoms with E-state index in [-0.39, 0.29) is 0 Å². The van der Waals surface area contributed by atoms with Crippen molar-refractivity contribution in [3.05, 3.63) is 102 Å². The molecule has 3 aromatic rings. The zero-order valence-corrected chi connectivity index (χ0v) is 17.1. The van der Waals surface area contributed by atoms with Crippen molar-refractivity contribution in [3.63, 3.8) is 0 Å². The van der Waals surface area contributed by atoms with Crippen LogP contribution in [0.15, 0.2) is 91.0 Å². The molecule has 0 amide bonds. The zero-order chi connectivity index (χ0) is 19.4. The molecular weight excluding hydrogens is 338 g/mol. The van der Waals surface area contributed by atoms with E-state index in [0.29, 0.717) is 0 Å². The van der Waals surface area contributed by atoms with Crippen LogP contribution in [0.4, 0.5) is 5.69 Å². The van der Waals surface area contributed by atoms with Gasteiger partial charge in [-0.3, -0.25) is 0 Å². The number of nitrogens with zero attached hydrogens (tertiary/aromatic N) is 1. The molecule has 0 aromatic heterocycles. The van der Waals surface area contributed by atoms with Gasteiger partial charge in [0.2, 0.25) is 0 Å². The van der Waals surface area contributed by atoms with E-state index in [4.69, 9.17) is 0 Å². The summed E-state index contributed by atoms with van der Waals surface area (Å²) in [6.45, 7) is 4.44. The molecule has 0 N–H and O–H groups in total. The molecule has 0 spiro atoms. The fourth-order valence-electron chi connectivity index (χ4n) is 3.87. The van der Waals surface area contributed by atoms with Crippen LogP contribution >= 0.6 is 0 Å². The van der Waals surface area contributed by atoms with Gasteiger partial charge < -0.3 is 4.90 Å². The second kappa shape index (κ2) is 11.3. The van der Waals surface area contributed by atoms with Crippen molar-refractivity contribution in [1.82, 2.24) is 0 Å². The number of aryl methyl sites for hydroxylation is 1. The molecule has 0 heterocycles. The maximum Gasteiger partial charge on any atom is 0.0429 e. The molecule has 0 radical (unpaired) electrons. The third-order valence-electron chi connectivity index (χ3n) is 5.64. The lowest BCUT2D eigenvalue weighted by Crippen LogP contribution is -2.25. The van der Waals surface area contributed by atoms with Gasteiger partial charge in [-0.15, -0.1) is 0 Å². The quantitative estimate of drug-likeness (QED) is 0.346. The third kappa shape index (κ3) is 6.56. The van der Waals surface area contributed by atoms with Crippen LogP contribution in [0.5, 0.6) is 0 Å². The first-order valence-corrected chi connectivity index (χ1v) is 10.7. The van der Waals surface area contributed by atoms with Crippen molar-refractivity contribution in [1.29, 1.82) is 0 Å². The number of rotatable bonds is 11. The summed E-state index contributed by atoms with van der Waals surface area (Å²) in [4.78, 5) is 2.54. The maximum atomic E-state index is 2.54. The zero-order valence-electron chi connectivity index (χ0n) is 17.1. The molecule has 0 unspecified atom stereocenters. The van der Waals surface area contributed by atoms with E-state index < -0.39 is 0 Å². The number of para-hydroxylation sites is 1. The van der Waals surface area contributed by atoms with Gasteiger partial charge in [0.05, 0.1) is 0 Å². The first-order chi connectivity index (χ1) is 13.8. The highest BCUT2D eigenvalue weighted by Gasteiger charge is 2.12. The Labute approximate surface area is 171 Å². The Morgan fingerprint density at radius 1 is 0.679 bits per heavy atom. The summed E-state index contributed by atoms with van der Waals surface area (Å²) < 4.78 is 0. The van der Waals surface area contributed by atoms with Gasteiger partial charge in [0, 0.05) is 18.8 Å². The van der Waals surface area contributed by atoms with Crippen molar-refractivity contribution in [2.24, 2.45) is 5.92 Å². The second-order valence-corrected chi connectivity index (χ2v) is 7.68. The molecular formula is C27H33N. The first kappa shape index (κ1) is 20.2. The fraction of sp³-hybridized carbons (Fsp3) is 0.333. The highest BCUT2D eigenvalue weighted by Crippen LogP contribution is 2.22. The monoisotopic (exact) mass is 371 g/mol. The number of benzene rings is 3. The minimum absolute atomic E-state index is 0.797. The van der Waals surface area contributed by atoms with Crippen LogP contribution in [0.3, 0.4) is 0 Å². The van der Waals surface area contributed by atoms with Gasteiger partial charge in [0.1, 0.15) is 0 Å². The van der Waals surface area contributed by atoms with Gasteiger partial charge in [0.15, 0.2) is 0 Å². The summed E-state index contributed by atoms with van der Waals surface area (Å²) in [5.74, 6) is 0.797. The molecule has 3 aromatic carbocycles. The van der Waals surface area contributed by atoms with Crippen molar-refractivity contribution < 1.29 is 0 Å². The predicted molar refractivity (Wildman–Crippen MR) is 122 cm³/mol. The lowest BCUT2D eigenvalue weighted by Gasteiger charge is -2.27. The average molecular weight is 372 g/mol. The molecule has 0 aliphatic rings. The molecule has 0 saturated carbocycles. The van der Waals surface area contributed by atoms with E-state index in [2.05, 4.69) is 103 Å². The van der Waals surface area contributed by atoms with Crippen molar-refractivity contribution >= 4 is 5.69 Å². The molecule has 0 aliphatic carbocycles. The van der Waals surface area contributed by atoms with Crippen molar-refractivity contribution in [2.45, 2.75) is 45.6 Å². The summed E-state index contributed by atoms with van der Waals surface area (Å²) in [6.07, 6.45) is 6.32. The average Bonchev–Trinajstić information content (AvgIpc) is 2.77. The van der Waals surface area contributed by atoms with Crippen LogP contribution in [0, 0.1) is 5.92 Å². The van der Waals surface area contributed by atoms with Crippen LogP contribution < -0.4 is 4.90 Å². The maximum absolute atomic E-state index is 2.54. The smallest absolute Gasteiger partial charge is 0.0429 e. The molecule has 28 heavy (non-hydrogen) atoms. The SMILES string of the molecule is CC[C@H](CCCc1ccccc1)CCN(Cc1ccccc1)c1ccccc1. The topological polar surface area (TPSA) is 3.24 Å². The van der Waals surface area contributed by atoms with Crippen LogP contribution in [0.1, 0.15) is 43.7 Å². The van der Waals surface area contributed by atoms with Crippen LogP contribution in [-0.4, -0.2) is 6.54 Å². The molecule has 3 rings (SSSR count). The van der Waals surface area contributed by atoms with Gasteiger partial charge >= 0.3 is 0 Å². The summed E-state index contributed by atoms with van der Waals surface area (Å²) in [5, 5.41) is 0. The Hall–Kier alpha value is -2.54. The van der Waals surface area contributed by atoms with Crippen molar-refractivity contribution in [2.75, 3.05) is 11.4 Å². The standard InChI is InChI=1S/C27H33N/c1-2-24(17-12-18-25-13-6-3-7-14-25)21-22-28(27-19-10-5-11-20-27)23-26-15-8-4-9-16-26/h3-11,13-16,19-20,24H,2,12,17-18,21-23H2,1H3/t24-/m1/s1. The fourth-order valence-corrected chi connectivity index (χ4v) is 3.87. The van der Waals surface area contributed by atoms with Gasteiger partial charge in [-0.2, -0.15) is 0 Å². The Kier molecular flexibility index (Phi) is 8.18. The molecule has 0 fully saturated rings. The Morgan fingerprint density at radius 2 is 1.25 bits per heavy atom. The lowest BCUT2D eigenvalue weighted by atomic mass is 9.94. The van der Waals surface area contributed by atoms with Crippen molar-refractivity contribution in [3.8, 4) is 0 Å². The van der Waals surface area contributed by atoms with Crippen LogP contribution in [-0.2, 0) is 13.0 Å². The minimum atomic E-state index is 0.797. The molecule has 146 valence electrons. The van der Waals surface area contributed by atoms with E-state index in [1.54, 1.807) is 0 Å². The molecule has 0 bridgehead atoms. The molecule has 0 saturated heterocycles. The Balaban J connectivity index is 1.55. The molecule has 0 aliphatic heterocycles. The van der Waals surface area contributed by atoms with Gasteiger partial charge in [-0.05, 0) is 48.4 Å².